The molecule has 7 heteroatoms. The van der Waals surface area contributed by atoms with Crippen molar-refractivity contribution in [3.63, 3.8) is 0 Å². The van der Waals surface area contributed by atoms with E-state index in [4.69, 9.17) is 4.74 Å². The topological polar surface area (TPSA) is 71.5 Å². The SMILES string of the molecule is COc1ccc(-c2ccc3cc(C(=O)N4CCN(c5cnccn5)CC4)ccc3c2)cn1. The third-order valence-corrected chi connectivity index (χ3v) is 5.81. The van der Waals surface area contributed by atoms with Gasteiger partial charge < -0.3 is 14.5 Å². The highest BCUT2D eigenvalue weighted by Crippen LogP contribution is 2.26. The summed E-state index contributed by atoms with van der Waals surface area (Å²) in [4.78, 5) is 29.9. The zero-order valence-corrected chi connectivity index (χ0v) is 17.8. The van der Waals surface area contributed by atoms with E-state index < -0.39 is 0 Å². The molecule has 0 aliphatic carbocycles. The van der Waals surface area contributed by atoms with Gasteiger partial charge in [-0.05, 0) is 40.6 Å². The summed E-state index contributed by atoms with van der Waals surface area (Å²) in [6.07, 6.45) is 6.92. The Morgan fingerprint density at radius 3 is 2.34 bits per heavy atom. The maximum atomic E-state index is 13.1. The molecule has 0 N–H and O–H groups in total. The molecule has 4 aromatic rings. The highest BCUT2D eigenvalue weighted by Gasteiger charge is 2.23. The number of carbonyl (C=O) groups excluding carboxylic acids is 1. The van der Waals surface area contributed by atoms with E-state index in [9.17, 15) is 4.79 Å². The molecule has 0 saturated carbocycles. The van der Waals surface area contributed by atoms with Crippen LogP contribution in [0.2, 0.25) is 0 Å². The summed E-state index contributed by atoms with van der Waals surface area (Å²) < 4.78 is 5.13. The summed E-state index contributed by atoms with van der Waals surface area (Å²) in [5, 5.41) is 2.13. The molecule has 2 aromatic carbocycles. The third kappa shape index (κ3) is 3.97. The molecule has 3 heterocycles. The van der Waals surface area contributed by atoms with Crippen LogP contribution in [0, 0.1) is 0 Å². The Hall–Kier alpha value is -4.00. The quantitative estimate of drug-likeness (QED) is 0.497. The van der Waals surface area contributed by atoms with E-state index >= 15 is 0 Å². The average Bonchev–Trinajstić information content (AvgIpc) is 2.88. The summed E-state index contributed by atoms with van der Waals surface area (Å²) in [7, 11) is 1.61. The Morgan fingerprint density at radius 2 is 1.62 bits per heavy atom. The fourth-order valence-corrected chi connectivity index (χ4v) is 4.01. The second-order valence-electron chi connectivity index (χ2n) is 7.71. The molecule has 5 rings (SSSR count). The minimum absolute atomic E-state index is 0.0640. The Bertz CT molecular complexity index is 1240. The van der Waals surface area contributed by atoms with E-state index in [0.717, 1.165) is 40.8 Å². The number of rotatable bonds is 4. The van der Waals surface area contributed by atoms with Crippen LogP contribution in [0.4, 0.5) is 5.82 Å². The molecule has 1 aliphatic heterocycles. The van der Waals surface area contributed by atoms with Crippen LogP contribution in [0.15, 0.2) is 73.3 Å². The van der Waals surface area contributed by atoms with Crippen LogP contribution < -0.4 is 9.64 Å². The Kier molecular flexibility index (Phi) is 5.37. The molecule has 2 aromatic heterocycles. The fraction of sp³-hybridized carbons (Fsp3) is 0.200. The molecule has 160 valence electrons. The van der Waals surface area contributed by atoms with E-state index in [1.54, 1.807) is 31.9 Å². The van der Waals surface area contributed by atoms with Crippen molar-refractivity contribution in [3.05, 3.63) is 78.9 Å². The molecule has 32 heavy (non-hydrogen) atoms. The van der Waals surface area contributed by atoms with Crippen molar-refractivity contribution < 1.29 is 9.53 Å². The first kappa shape index (κ1) is 19.9. The zero-order valence-electron chi connectivity index (χ0n) is 17.8. The molecule has 0 atom stereocenters. The summed E-state index contributed by atoms with van der Waals surface area (Å²) in [6, 6.07) is 16.0. The van der Waals surface area contributed by atoms with E-state index in [0.29, 0.717) is 24.5 Å². The van der Waals surface area contributed by atoms with Crippen molar-refractivity contribution in [1.82, 2.24) is 19.9 Å². The summed E-state index contributed by atoms with van der Waals surface area (Å²) in [5.74, 6) is 1.51. The van der Waals surface area contributed by atoms with Gasteiger partial charge in [-0.3, -0.25) is 9.78 Å². The van der Waals surface area contributed by atoms with Gasteiger partial charge in [0.1, 0.15) is 5.82 Å². The molecule has 0 unspecified atom stereocenters. The number of carbonyl (C=O) groups is 1. The number of methoxy groups -OCH3 is 1. The molecule has 1 amide bonds. The van der Waals surface area contributed by atoms with Crippen LogP contribution in [-0.4, -0.2) is 59.0 Å². The predicted octanol–water partition coefficient (Wildman–Crippen LogP) is 3.66. The second-order valence-corrected chi connectivity index (χ2v) is 7.71. The Balaban J connectivity index is 1.30. The minimum atomic E-state index is 0.0640. The number of hydrogen-bond acceptors (Lipinski definition) is 6. The Morgan fingerprint density at radius 1 is 0.844 bits per heavy atom. The summed E-state index contributed by atoms with van der Waals surface area (Å²) in [6.45, 7) is 2.82. The number of hydrogen-bond donors (Lipinski definition) is 0. The third-order valence-electron chi connectivity index (χ3n) is 5.81. The lowest BCUT2D eigenvalue weighted by Crippen LogP contribution is -2.49. The lowest BCUT2D eigenvalue weighted by atomic mass is 10.0. The normalized spacial score (nSPS) is 13.9. The molecule has 1 saturated heterocycles. The zero-order chi connectivity index (χ0) is 21.9. The molecular formula is C25H23N5O2. The van der Waals surface area contributed by atoms with Gasteiger partial charge in [0.2, 0.25) is 5.88 Å². The van der Waals surface area contributed by atoms with Gasteiger partial charge >= 0.3 is 0 Å². The lowest BCUT2D eigenvalue weighted by Gasteiger charge is -2.35. The molecule has 1 fully saturated rings. The van der Waals surface area contributed by atoms with Crippen LogP contribution in [0.1, 0.15) is 10.4 Å². The number of pyridine rings is 1. The van der Waals surface area contributed by atoms with Crippen molar-refractivity contribution in [2.75, 3.05) is 38.2 Å². The summed E-state index contributed by atoms with van der Waals surface area (Å²) >= 11 is 0. The van der Waals surface area contributed by atoms with E-state index in [1.165, 1.54) is 0 Å². The number of anilines is 1. The van der Waals surface area contributed by atoms with Gasteiger partial charge in [-0.2, -0.15) is 0 Å². The highest BCUT2D eigenvalue weighted by atomic mass is 16.5. The van der Waals surface area contributed by atoms with Crippen LogP contribution in [0.25, 0.3) is 21.9 Å². The smallest absolute Gasteiger partial charge is 0.253 e. The van der Waals surface area contributed by atoms with Crippen molar-refractivity contribution in [1.29, 1.82) is 0 Å². The van der Waals surface area contributed by atoms with Crippen molar-refractivity contribution in [2.45, 2.75) is 0 Å². The van der Waals surface area contributed by atoms with Crippen molar-refractivity contribution >= 4 is 22.5 Å². The first-order chi connectivity index (χ1) is 15.7. The van der Waals surface area contributed by atoms with Crippen LogP contribution in [-0.2, 0) is 0 Å². The molecule has 1 aliphatic rings. The lowest BCUT2D eigenvalue weighted by molar-refractivity contribution is 0.0746. The Labute approximate surface area is 186 Å². The monoisotopic (exact) mass is 425 g/mol. The van der Waals surface area contributed by atoms with Crippen molar-refractivity contribution in [2.24, 2.45) is 0 Å². The van der Waals surface area contributed by atoms with Gasteiger partial charge in [-0.1, -0.05) is 18.2 Å². The van der Waals surface area contributed by atoms with Gasteiger partial charge in [-0.25, -0.2) is 9.97 Å². The number of aromatic nitrogens is 3. The van der Waals surface area contributed by atoms with E-state index in [2.05, 4.69) is 38.1 Å². The maximum absolute atomic E-state index is 13.1. The van der Waals surface area contributed by atoms with Crippen LogP contribution >= 0.6 is 0 Å². The molecule has 0 bridgehead atoms. The predicted molar refractivity (Wildman–Crippen MR) is 124 cm³/mol. The molecule has 0 radical (unpaired) electrons. The van der Waals surface area contributed by atoms with Gasteiger partial charge in [0.05, 0.1) is 13.3 Å². The number of piperazine rings is 1. The van der Waals surface area contributed by atoms with Crippen molar-refractivity contribution in [3.8, 4) is 17.0 Å². The summed E-state index contributed by atoms with van der Waals surface area (Å²) in [5.41, 5.74) is 2.81. The van der Waals surface area contributed by atoms with Gasteiger partial charge in [0, 0.05) is 62.0 Å². The van der Waals surface area contributed by atoms with Crippen LogP contribution in [0.5, 0.6) is 5.88 Å². The van der Waals surface area contributed by atoms with Gasteiger partial charge in [0.25, 0.3) is 5.91 Å². The fourth-order valence-electron chi connectivity index (χ4n) is 4.01. The van der Waals surface area contributed by atoms with Crippen LogP contribution in [0.3, 0.4) is 0 Å². The van der Waals surface area contributed by atoms with Gasteiger partial charge in [0.15, 0.2) is 0 Å². The van der Waals surface area contributed by atoms with E-state index in [-0.39, 0.29) is 5.91 Å². The molecule has 0 spiro atoms. The largest absolute Gasteiger partial charge is 0.481 e. The van der Waals surface area contributed by atoms with Gasteiger partial charge in [-0.15, -0.1) is 0 Å². The number of nitrogens with zero attached hydrogens (tertiary/aromatic N) is 5. The first-order valence-electron chi connectivity index (χ1n) is 10.6. The average molecular weight is 425 g/mol. The molecule has 7 nitrogen and oxygen atoms in total. The molecular weight excluding hydrogens is 402 g/mol. The highest BCUT2D eigenvalue weighted by molar-refractivity contribution is 5.99. The number of fused-ring (bicyclic) bond motifs is 1. The van der Waals surface area contributed by atoms with E-state index in [1.807, 2.05) is 35.2 Å². The number of amides is 1. The minimum Gasteiger partial charge on any atom is -0.481 e. The standard InChI is InChI=1S/C25H23N5O2/c1-32-24-7-6-22(16-28-24)20-3-2-19-15-21(5-4-18(19)14-20)25(31)30-12-10-29(11-13-30)23-17-26-8-9-27-23/h2-9,14-17H,10-13H2,1H3. The first-order valence-corrected chi connectivity index (χ1v) is 10.6. The maximum Gasteiger partial charge on any atom is 0.253 e. The number of benzene rings is 2. The number of ether oxygens (including phenoxy) is 1. The second kappa shape index (κ2) is 8.63.